The Hall–Kier alpha value is -2.48. The third-order valence-corrected chi connectivity index (χ3v) is 5.73. The Morgan fingerprint density at radius 3 is 2.79 bits per heavy atom. The van der Waals surface area contributed by atoms with Gasteiger partial charge in [-0.3, -0.25) is 13.8 Å². The number of nitrogens with zero attached hydrogens (tertiary/aromatic N) is 1. The average Bonchev–Trinajstić information content (AvgIpc) is 2.58. The van der Waals surface area contributed by atoms with E-state index in [2.05, 4.69) is 11.9 Å². The Bertz CT molecular complexity index is 720. The quantitative estimate of drug-likeness (QED) is 0.341. The Morgan fingerprint density at radius 2 is 2.12 bits per heavy atom. The number of hydrogen-bond acceptors (Lipinski definition) is 5. The third-order valence-electron chi connectivity index (χ3n) is 4.04. The monoisotopic (exact) mass is 348 g/mol. The second-order valence-electron chi connectivity index (χ2n) is 5.58. The largest absolute Gasteiger partial charge is 0.459 e. The second-order valence-corrected chi connectivity index (χ2v) is 7.11. The van der Waals surface area contributed by atoms with Crippen LogP contribution in [0.25, 0.3) is 0 Å². The van der Waals surface area contributed by atoms with Crippen molar-refractivity contribution in [1.82, 2.24) is 10.2 Å². The number of amides is 2. The van der Waals surface area contributed by atoms with E-state index in [1.807, 2.05) is 30.3 Å². The number of nitrogens with one attached hydrogen (secondary N) is 1. The number of β-lactam (4-membered cyclic amide) rings is 1. The zero-order chi connectivity index (χ0) is 17.3. The van der Waals surface area contributed by atoms with Gasteiger partial charge in [0.2, 0.25) is 12.3 Å². The molecule has 2 saturated heterocycles. The van der Waals surface area contributed by atoms with Gasteiger partial charge in [0.05, 0.1) is 10.8 Å². The highest BCUT2D eigenvalue weighted by Gasteiger charge is 2.58. The standard InChI is InChI=1S/C16H16N2O5S/c1-10-8-24(22)15-12(17-9-19)14(20)18(15)13(10)16(21)23-7-11-5-3-2-4-6-11/h2-6,9,12-13,15H,1,7-8H2,(H,17,19)/t12?,13?,15-,24?/m1/s1. The van der Waals surface area contributed by atoms with E-state index in [4.69, 9.17) is 4.74 Å². The molecule has 24 heavy (non-hydrogen) atoms. The van der Waals surface area contributed by atoms with Crippen LogP contribution >= 0.6 is 0 Å². The van der Waals surface area contributed by atoms with Crippen molar-refractivity contribution >= 4 is 29.1 Å². The molecule has 8 heteroatoms. The Balaban J connectivity index is 1.73. The molecule has 2 heterocycles. The summed E-state index contributed by atoms with van der Waals surface area (Å²) >= 11 is 0. The summed E-state index contributed by atoms with van der Waals surface area (Å²) in [5, 5.41) is 1.63. The molecule has 0 spiro atoms. The number of hydrogen-bond donors (Lipinski definition) is 1. The Kier molecular flexibility index (Phi) is 4.48. The van der Waals surface area contributed by atoms with Crippen LogP contribution < -0.4 is 5.32 Å². The van der Waals surface area contributed by atoms with Gasteiger partial charge in [-0.15, -0.1) is 0 Å². The smallest absolute Gasteiger partial charge is 0.333 e. The van der Waals surface area contributed by atoms with Gasteiger partial charge in [-0.1, -0.05) is 36.9 Å². The minimum absolute atomic E-state index is 0.0786. The molecule has 2 fully saturated rings. The van der Waals surface area contributed by atoms with Crippen LogP contribution in [0.3, 0.4) is 0 Å². The van der Waals surface area contributed by atoms with Crippen LogP contribution in [0, 0.1) is 0 Å². The van der Waals surface area contributed by atoms with Crippen molar-refractivity contribution < 1.29 is 23.3 Å². The number of ether oxygens (including phenoxy) is 1. The summed E-state index contributed by atoms with van der Waals surface area (Å²) in [6.45, 7) is 3.85. The minimum Gasteiger partial charge on any atom is -0.459 e. The molecule has 2 aliphatic heterocycles. The number of fused-ring (bicyclic) bond motifs is 1. The predicted octanol–water partition coefficient (Wildman–Crippen LogP) is -0.300. The summed E-state index contributed by atoms with van der Waals surface area (Å²) in [5.41, 5.74) is 1.20. The van der Waals surface area contributed by atoms with E-state index in [1.54, 1.807) is 0 Å². The fraction of sp³-hybridized carbons (Fsp3) is 0.312. The first-order valence-electron chi connectivity index (χ1n) is 7.32. The number of carbonyl (C=O) groups is 3. The van der Waals surface area contributed by atoms with Crippen molar-refractivity contribution in [2.45, 2.75) is 24.1 Å². The van der Waals surface area contributed by atoms with Crippen LogP contribution in [0.1, 0.15) is 5.56 Å². The van der Waals surface area contributed by atoms with Crippen molar-refractivity contribution in [3.8, 4) is 0 Å². The predicted molar refractivity (Wildman–Crippen MR) is 85.8 cm³/mol. The van der Waals surface area contributed by atoms with E-state index in [0.717, 1.165) is 5.56 Å². The molecule has 0 radical (unpaired) electrons. The van der Waals surface area contributed by atoms with E-state index >= 15 is 0 Å². The van der Waals surface area contributed by atoms with E-state index in [1.165, 1.54) is 4.90 Å². The highest BCUT2D eigenvalue weighted by molar-refractivity contribution is 7.86. The maximum Gasteiger partial charge on any atom is 0.333 e. The maximum atomic E-state index is 12.4. The highest BCUT2D eigenvalue weighted by Crippen LogP contribution is 2.34. The number of benzene rings is 1. The molecular weight excluding hydrogens is 332 g/mol. The summed E-state index contributed by atoms with van der Waals surface area (Å²) in [5.74, 6) is -0.970. The Labute approximate surface area is 141 Å². The summed E-state index contributed by atoms with van der Waals surface area (Å²) < 4.78 is 17.5. The van der Waals surface area contributed by atoms with E-state index in [-0.39, 0.29) is 12.4 Å². The normalized spacial score (nSPS) is 28.6. The summed E-state index contributed by atoms with van der Waals surface area (Å²) in [4.78, 5) is 36.4. The molecule has 3 unspecified atom stereocenters. The van der Waals surface area contributed by atoms with E-state index in [9.17, 15) is 18.6 Å². The first kappa shape index (κ1) is 16.4. The summed E-state index contributed by atoms with van der Waals surface area (Å²) in [6, 6.07) is 7.33. The molecule has 1 aromatic carbocycles. The van der Waals surface area contributed by atoms with Gasteiger partial charge in [-0.2, -0.15) is 0 Å². The first-order chi connectivity index (χ1) is 11.5. The number of carbonyl (C=O) groups excluding carboxylic acids is 3. The fourth-order valence-electron chi connectivity index (χ4n) is 2.90. The van der Waals surface area contributed by atoms with Crippen molar-refractivity contribution in [3.05, 3.63) is 48.0 Å². The molecule has 1 N–H and O–H groups in total. The number of esters is 1. The van der Waals surface area contributed by atoms with E-state index in [0.29, 0.717) is 12.0 Å². The van der Waals surface area contributed by atoms with Gasteiger partial charge in [-0.25, -0.2) is 4.79 Å². The first-order valence-corrected chi connectivity index (χ1v) is 8.70. The fourth-order valence-corrected chi connectivity index (χ4v) is 4.57. The summed E-state index contributed by atoms with van der Waals surface area (Å²) in [7, 11) is -1.41. The minimum atomic E-state index is -1.41. The van der Waals surface area contributed by atoms with Crippen molar-refractivity contribution in [3.63, 3.8) is 0 Å². The lowest BCUT2D eigenvalue weighted by Crippen LogP contribution is -2.77. The lowest BCUT2D eigenvalue weighted by Gasteiger charge is -2.51. The van der Waals surface area contributed by atoms with Crippen molar-refractivity contribution in [2.75, 3.05) is 5.75 Å². The molecule has 3 rings (SSSR count). The molecule has 126 valence electrons. The molecule has 0 aromatic heterocycles. The Morgan fingerprint density at radius 1 is 1.42 bits per heavy atom. The molecule has 2 aliphatic rings. The average molecular weight is 348 g/mol. The second kappa shape index (κ2) is 6.56. The van der Waals surface area contributed by atoms with Gasteiger partial charge in [0.15, 0.2) is 6.04 Å². The lowest BCUT2D eigenvalue weighted by atomic mass is 9.99. The molecule has 0 saturated carbocycles. The lowest BCUT2D eigenvalue weighted by molar-refractivity contribution is -0.163. The molecule has 0 bridgehead atoms. The van der Waals surface area contributed by atoms with Gasteiger partial charge >= 0.3 is 5.97 Å². The van der Waals surface area contributed by atoms with Crippen LogP contribution in [0.2, 0.25) is 0 Å². The molecule has 4 atom stereocenters. The topological polar surface area (TPSA) is 92.8 Å². The van der Waals surface area contributed by atoms with Gasteiger partial charge in [0, 0.05) is 5.75 Å². The maximum absolute atomic E-state index is 12.4. The van der Waals surface area contributed by atoms with Gasteiger partial charge in [0.25, 0.3) is 0 Å². The zero-order valence-corrected chi connectivity index (χ0v) is 13.5. The van der Waals surface area contributed by atoms with Crippen LogP contribution in [0.4, 0.5) is 0 Å². The van der Waals surface area contributed by atoms with Crippen LogP contribution in [-0.2, 0) is 36.5 Å². The van der Waals surface area contributed by atoms with Crippen molar-refractivity contribution in [2.24, 2.45) is 0 Å². The molecule has 2 amide bonds. The summed E-state index contributed by atoms with van der Waals surface area (Å²) in [6.07, 6.45) is 0.392. The van der Waals surface area contributed by atoms with Gasteiger partial charge in [-0.05, 0) is 11.1 Å². The van der Waals surface area contributed by atoms with Crippen molar-refractivity contribution in [1.29, 1.82) is 0 Å². The van der Waals surface area contributed by atoms with E-state index < -0.39 is 40.1 Å². The van der Waals surface area contributed by atoms with Gasteiger partial charge in [0.1, 0.15) is 18.0 Å². The third kappa shape index (κ3) is 2.73. The highest BCUT2D eigenvalue weighted by atomic mass is 32.2. The molecule has 0 aliphatic carbocycles. The van der Waals surface area contributed by atoms with Gasteiger partial charge < -0.3 is 15.0 Å². The van der Waals surface area contributed by atoms with Crippen LogP contribution in [0.5, 0.6) is 0 Å². The van der Waals surface area contributed by atoms with Crippen LogP contribution in [0.15, 0.2) is 42.5 Å². The molecule has 1 aromatic rings. The SMILES string of the molecule is C=C1CS(=O)[C@@H]2C(NC=O)C(=O)N2C1C(=O)OCc1ccccc1. The number of rotatable bonds is 5. The molecular formula is C16H16N2O5S. The zero-order valence-electron chi connectivity index (χ0n) is 12.7. The van der Waals surface area contributed by atoms with Crippen LogP contribution in [-0.4, -0.2) is 50.6 Å². The molecule has 7 nitrogen and oxygen atoms in total.